The molecule has 0 aromatic rings. The molecule has 0 bridgehead atoms. The molecule has 1 aliphatic carbocycles. The van der Waals surface area contributed by atoms with E-state index in [1.165, 1.54) is 0 Å². The van der Waals surface area contributed by atoms with E-state index in [1.807, 2.05) is 0 Å². The minimum absolute atomic E-state index is 0.201. The quantitative estimate of drug-likeness (QED) is 0.726. The standard InChI is InChI=1S/C16H30N2O/c1-16(2,3)13(11-12-17)9-10-15(19)18-14-7-5-4-6-8-14/h4-5,13-14H,6-12,17H2,1-3H3,(H,18,19). The second-order valence-corrected chi connectivity index (χ2v) is 6.73. The second-order valence-electron chi connectivity index (χ2n) is 6.73. The van der Waals surface area contributed by atoms with E-state index in [2.05, 4.69) is 38.2 Å². The monoisotopic (exact) mass is 266 g/mol. The van der Waals surface area contributed by atoms with Gasteiger partial charge in [-0.3, -0.25) is 4.79 Å². The molecule has 3 N–H and O–H groups in total. The molecule has 1 amide bonds. The number of carbonyl (C=O) groups is 1. The van der Waals surface area contributed by atoms with Gasteiger partial charge in [-0.2, -0.15) is 0 Å². The summed E-state index contributed by atoms with van der Waals surface area (Å²) in [5.74, 6) is 0.723. The van der Waals surface area contributed by atoms with Crippen LogP contribution in [0.15, 0.2) is 12.2 Å². The van der Waals surface area contributed by atoms with Crippen molar-refractivity contribution in [1.82, 2.24) is 5.32 Å². The smallest absolute Gasteiger partial charge is 0.220 e. The van der Waals surface area contributed by atoms with Crippen molar-refractivity contribution in [1.29, 1.82) is 0 Å². The number of rotatable bonds is 6. The molecule has 19 heavy (non-hydrogen) atoms. The Morgan fingerprint density at radius 2 is 2.11 bits per heavy atom. The van der Waals surface area contributed by atoms with Crippen molar-refractivity contribution < 1.29 is 4.79 Å². The molecule has 2 atom stereocenters. The van der Waals surface area contributed by atoms with Crippen molar-refractivity contribution in [2.24, 2.45) is 17.1 Å². The Morgan fingerprint density at radius 1 is 1.37 bits per heavy atom. The molecule has 0 spiro atoms. The Kier molecular flexibility index (Phi) is 6.56. The summed E-state index contributed by atoms with van der Waals surface area (Å²) in [4.78, 5) is 12.0. The summed E-state index contributed by atoms with van der Waals surface area (Å²) < 4.78 is 0. The fourth-order valence-corrected chi connectivity index (χ4v) is 2.74. The zero-order valence-electron chi connectivity index (χ0n) is 12.7. The van der Waals surface area contributed by atoms with Crippen molar-refractivity contribution in [3.8, 4) is 0 Å². The van der Waals surface area contributed by atoms with Crippen LogP contribution in [0.3, 0.4) is 0 Å². The van der Waals surface area contributed by atoms with Crippen molar-refractivity contribution in [2.75, 3.05) is 6.54 Å². The van der Waals surface area contributed by atoms with Crippen molar-refractivity contribution in [3.05, 3.63) is 12.2 Å². The average Bonchev–Trinajstić information content (AvgIpc) is 2.34. The highest BCUT2D eigenvalue weighted by Crippen LogP contribution is 2.32. The first-order valence-corrected chi connectivity index (χ1v) is 7.58. The first-order chi connectivity index (χ1) is 8.93. The number of carbonyl (C=O) groups excluding carboxylic acids is 1. The Balaban J connectivity index is 2.33. The molecule has 0 aromatic carbocycles. The number of allylic oxidation sites excluding steroid dienone is 1. The summed E-state index contributed by atoms with van der Waals surface area (Å²) in [6.07, 6.45) is 10.1. The van der Waals surface area contributed by atoms with Crippen molar-refractivity contribution in [2.45, 2.75) is 65.3 Å². The van der Waals surface area contributed by atoms with Gasteiger partial charge in [0.2, 0.25) is 5.91 Å². The highest BCUT2D eigenvalue weighted by molar-refractivity contribution is 5.76. The molecule has 0 radical (unpaired) electrons. The zero-order valence-corrected chi connectivity index (χ0v) is 12.7. The van der Waals surface area contributed by atoms with Gasteiger partial charge in [0.1, 0.15) is 0 Å². The number of nitrogens with two attached hydrogens (primary N) is 1. The van der Waals surface area contributed by atoms with Crippen molar-refractivity contribution in [3.63, 3.8) is 0 Å². The first kappa shape index (κ1) is 16.2. The summed E-state index contributed by atoms with van der Waals surface area (Å²) in [6, 6.07) is 0.347. The van der Waals surface area contributed by atoms with Gasteiger partial charge in [-0.15, -0.1) is 0 Å². The van der Waals surface area contributed by atoms with Crippen LogP contribution in [0, 0.1) is 11.3 Å². The summed E-state index contributed by atoms with van der Waals surface area (Å²) >= 11 is 0. The van der Waals surface area contributed by atoms with E-state index < -0.39 is 0 Å². The Hall–Kier alpha value is -0.830. The van der Waals surface area contributed by atoms with Crippen LogP contribution < -0.4 is 11.1 Å². The highest BCUT2D eigenvalue weighted by Gasteiger charge is 2.24. The normalized spacial score (nSPS) is 21.2. The maximum Gasteiger partial charge on any atom is 0.220 e. The summed E-state index contributed by atoms with van der Waals surface area (Å²) in [7, 11) is 0. The zero-order chi connectivity index (χ0) is 14.3. The van der Waals surface area contributed by atoms with Gasteiger partial charge in [-0.1, -0.05) is 32.9 Å². The minimum atomic E-state index is 0.201. The summed E-state index contributed by atoms with van der Waals surface area (Å²) in [5, 5.41) is 3.15. The van der Waals surface area contributed by atoms with E-state index in [1.54, 1.807) is 0 Å². The largest absolute Gasteiger partial charge is 0.353 e. The fourth-order valence-electron chi connectivity index (χ4n) is 2.74. The van der Waals surface area contributed by atoms with Crippen molar-refractivity contribution >= 4 is 5.91 Å². The predicted molar refractivity (Wildman–Crippen MR) is 80.8 cm³/mol. The first-order valence-electron chi connectivity index (χ1n) is 7.58. The molecule has 0 saturated carbocycles. The molecule has 0 aromatic heterocycles. The van der Waals surface area contributed by atoms with Crippen LogP contribution in [-0.4, -0.2) is 18.5 Å². The van der Waals surface area contributed by atoms with Gasteiger partial charge in [0.15, 0.2) is 0 Å². The molecule has 0 fully saturated rings. The molecule has 0 aliphatic heterocycles. The molecule has 0 heterocycles. The van der Waals surface area contributed by atoms with Gasteiger partial charge < -0.3 is 11.1 Å². The van der Waals surface area contributed by atoms with Crippen LogP contribution in [0.2, 0.25) is 0 Å². The minimum Gasteiger partial charge on any atom is -0.353 e. The van der Waals surface area contributed by atoms with Crippen LogP contribution in [0.1, 0.15) is 59.3 Å². The maximum absolute atomic E-state index is 12.0. The third kappa shape index (κ3) is 6.24. The van der Waals surface area contributed by atoms with Gasteiger partial charge in [0, 0.05) is 12.5 Å². The lowest BCUT2D eigenvalue weighted by atomic mass is 9.76. The number of hydrogen-bond acceptors (Lipinski definition) is 2. The molecule has 1 rings (SSSR count). The lowest BCUT2D eigenvalue weighted by molar-refractivity contribution is -0.122. The van der Waals surface area contributed by atoms with Crippen LogP contribution in [0.5, 0.6) is 0 Å². The number of hydrogen-bond donors (Lipinski definition) is 2. The lowest BCUT2D eigenvalue weighted by Crippen LogP contribution is -2.36. The van der Waals surface area contributed by atoms with Gasteiger partial charge in [0.25, 0.3) is 0 Å². The van der Waals surface area contributed by atoms with E-state index >= 15 is 0 Å². The number of nitrogens with one attached hydrogen (secondary N) is 1. The SMILES string of the molecule is CC(C)(C)C(CCN)CCC(=O)NC1CC=CCC1. The van der Waals surface area contributed by atoms with Gasteiger partial charge in [0.05, 0.1) is 0 Å². The van der Waals surface area contributed by atoms with E-state index in [9.17, 15) is 4.79 Å². The van der Waals surface area contributed by atoms with Gasteiger partial charge in [-0.25, -0.2) is 0 Å². The lowest BCUT2D eigenvalue weighted by Gasteiger charge is -2.30. The maximum atomic E-state index is 12.0. The summed E-state index contributed by atoms with van der Waals surface area (Å²) in [6.45, 7) is 7.41. The molecule has 2 unspecified atom stereocenters. The van der Waals surface area contributed by atoms with Gasteiger partial charge in [-0.05, 0) is 50.0 Å². The third-order valence-corrected chi connectivity index (χ3v) is 4.09. The van der Waals surface area contributed by atoms with Gasteiger partial charge >= 0.3 is 0 Å². The summed E-state index contributed by atoms with van der Waals surface area (Å²) in [5.41, 5.74) is 5.90. The van der Waals surface area contributed by atoms with Crippen LogP contribution in [0.4, 0.5) is 0 Å². The molecule has 3 nitrogen and oxygen atoms in total. The molecule has 110 valence electrons. The predicted octanol–water partition coefficient (Wildman–Crippen LogP) is 3.00. The van der Waals surface area contributed by atoms with E-state index in [-0.39, 0.29) is 11.3 Å². The third-order valence-electron chi connectivity index (χ3n) is 4.09. The highest BCUT2D eigenvalue weighted by atomic mass is 16.1. The topological polar surface area (TPSA) is 55.1 Å². The fraction of sp³-hybridized carbons (Fsp3) is 0.812. The Morgan fingerprint density at radius 3 is 2.63 bits per heavy atom. The molecule has 0 saturated heterocycles. The van der Waals surface area contributed by atoms with E-state index in [0.717, 1.165) is 32.1 Å². The molecule has 1 aliphatic rings. The van der Waals surface area contributed by atoms with E-state index in [0.29, 0.717) is 24.9 Å². The Labute approximate surface area is 118 Å². The second kappa shape index (κ2) is 7.68. The number of amides is 1. The van der Waals surface area contributed by atoms with Crippen LogP contribution in [0.25, 0.3) is 0 Å². The Bertz CT molecular complexity index is 304. The van der Waals surface area contributed by atoms with E-state index in [4.69, 9.17) is 5.73 Å². The molecular formula is C16H30N2O. The van der Waals surface area contributed by atoms with Crippen LogP contribution in [-0.2, 0) is 4.79 Å². The average molecular weight is 266 g/mol. The van der Waals surface area contributed by atoms with Crippen LogP contribution >= 0.6 is 0 Å². The molecule has 3 heteroatoms. The molecular weight excluding hydrogens is 236 g/mol.